The van der Waals surface area contributed by atoms with Crippen LogP contribution in [-0.2, 0) is 33.2 Å². The molecule has 1 amide bonds. The van der Waals surface area contributed by atoms with Crippen LogP contribution in [0, 0.1) is 0 Å². The van der Waals surface area contributed by atoms with Crippen molar-refractivity contribution in [2.45, 2.75) is 349 Å². The first kappa shape index (κ1) is 92.9. The number of hydrogen-bond donors (Lipinski definition) is 12. The third kappa shape index (κ3) is 42.7. The van der Waals surface area contributed by atoms with E-state index in [9.17, 15) is 61.0 Å². The molecule has 12 N–H and O–H groups in total. The molecule has 3 aliphatic rings. The summed E-state index contributed by atoms with van der Waals surface area (Å²) in [4.78, 5) is 13.5. The third-order valence-corrected chi connectivity index (χ3v) is 18.6. The van der Waals surface area contributed by atoms with Crippen LogP contribution in [0.2, 0.25) is 0 Å². The van der Waals surface area contributed by atoms with Crippen molar-refractivity contribution in [3.63, 3.8) is 0 Å². The number of aliphatic hydroxyl groups excluding tert-OH is 11. The zero-order chi connectivity index (χ0) is 74.6. The predicted octanol–water partition coefficient (Wildman–Crippen LogP) is 13.1. The summed E-state index contributed by atoms with van der Waals surface area (Å²) in [6.07, 6.45) is 64.0. The van der Waals surface area contributed by atoms with E-state index in [2.05, 4.69) is 153 Å². The third-order valence-electron chi connectivity index (χ3n) is 18.6. The van der Waals surface area contributed by atoms with E-state index in [0.29, 0.717) is 12.8 Å². The topological polar surface area (TPSA) is 307 Å². The maximum absolute atomic E-state index is 13.5. The van der Waals surface area contributed by atoms with E-state index in [0.717, 1.165) is 103 Å². The standard InChI is InChI=1S/C84H139NO18/c1-3-5-7-9-11-13-15-17-19-21-23-25-27-29-31-32-33-34-36-38-40-42-44-46-48-50-52-54-56-58-60-62-72(90)85-67(68(89)61-59-57-55-53-51-49-47-45-43-41-39-37-35-30-28-26-24-22-20-18-16-14-12-10-8-6-4-2)66-98-82-78(96)75(93)80(70(64-87)100-82)103-84-79(97)76(94)81(71(65-88)101-84)102-83-77(95)74(92)73(91)69(63-86)99-83/h5,7,11,13,17,19,23,25,29,31,33-34,38,40,43-46,50-53,59,61,67-71,73-84,86-89,91-97H,3-4,6,8-10,12,14-16,18,20-22,24,26-28,30,32,35-37,39,41-42,47-49,54-58,60,62-66H2,1-2H3,(H,85,90)/b7-5-,13-11-,19-17-,25-23-,31-29-,34-33-,40-38-,45-43+,46-44-,52-50-,53-51+,61-59+. The Balaban J connectivity index is 1.43. The van der Waals surface area contributed by atoms with Crippen molar-refractivity contribution in [3.8, 4) is 0 Å². The molecule has 0 aromatic heterocycles. The summed E-state index contributed by atoms with van der Waals surface area (Å²) in [5, 5.41) is 121. The molecule has 3 heterocycles. The van der Waals surface area contributed by atoms with Crippen LogP contribution in [0.25, 0.3) is 0 Å². The first-order chi connectivity index (χ1) is 50.3. The molecule has 0 bridgehead atoms. The van der Waals surface area contributed by atoms with E-state index in [1.54, 1.807) is 6.08 Å². The minimum Gasteiger partial charge on any atom is -0.394 e. The summed E-state index contributed by atoms with van der Waals surface area (Å²) >= 11 is 0. The first-order valence-electron chi connectivity index (χ1n) is 39.6. The van der Waals surface area contributed by atoms with Crippen LogP contribution < -0.4 is 5.32 Å². The van der Waals surface area contributed by atoms with Crippen LogP contribution in [0.5, 0.6) is 0 Å². The summed E-state index contributed by atoms with van der Waals surface area (Å²) < 4.78 is 34.4. The molecular formula is C84H139NO18. The highest BCUT2D eigenvalue weighted by Gasteiger charge is 2.53. The average molecular weight is 1450 g/mol. The monoisotopic (exact) mass is 1450 g/mol. The second-order valence-electron chi connectivity index (χ2n) is 27.4. The molecule has 0 aromatic rings. The number of aliphatic hydroxyl groups is 11. The number of nitrogens with one attached hydrogen (secondary N) is 1. The molecule has 0 saturated carbocycles. The summed E-state index contributed by atoms with van der Waals surface area (Å²) in [6.45, 7) is 1.57. The lowest BCUT2D eigenvalue weighted by Crippen LogP contribution is -2.66. The van der Waals surface area contributed by atoms with Gasteiger partial charge in [0, 0.05) is 6.42 Å². The molecule has 3 aliphatic heterocycles. The number of rotatable bonds is 60. The molecule has 0 spiro atoms. The number of carbonyl (C=O) groups is 1. The van der Waals surface area contributed by atoms with Gasteiger partial charge in [-0.25, -0.2) is 0 Å². The van der Waals surface area contributed by atoms with E-state index in [4.69, 9.17) is 28.4 Å². The molecule has 103 heavy (non-hydrogen) atoms. The van der Waals surface area contributed by atoms with Crippen molar-refractivity contribution in [2.24, 2.45) is 0 Å². The fourth-order valence-corrected chi connectivity index (χ4v) is 12.3. The Morgan fingerprint density at radius 1 is 0.359 bits per heavy atom. The lowest BCUT2D eigenvalue weighted by atomic mass is 9.96. The molecule has 0 radical (unpaired) electrons. The Labute approximate surface area is 619 Å². The lowest BCUT2D eigenvalue weighted by molar-refractivity contribution is -0.379. The Morgan fingerprint density at radius 2 is 0.680 bits per heavy atom. The second-order valence-corrected chi connectivity index (χ2v) is 27.4. The second kappa shape index (κ2) is 62.7. The van der Waals surface area contributed by atoms with E-state index in [-0.39, 0.29) is 12.3 Å². The Bertz CT molecular complexity index is 2430. The van der Waals surface area contributed by atoms with E-state index in [1.807, 2.05) is 6.08 Å². The molecule has 17 unspecified atom stereocenters. The van der Waals surface area contributed by atoms with Crippen molar-refractivity contribution in [1.29, 1.82) is 0 Å². The van der Waals surface area contributed by atoms with E-state index >= 15 is 0 Å². The van der Waals surface area contributed by atoms with Gasteiger partial charge in [0.2, 0.25) is 5.91 Å². The summed E-state index contributed by atoms with van der Waals surface area (Å²) in [7, 11) is 0. The SMILES string of the molecule is CC/C=C\C/C=C\C/C=C\C/C=C\C/C=C\C/C=C\C/C=C\C/C=C\C/C=C\CCCCCC(=O)NC(COC1OC(CO)C(OC2OC(CO)C(OC3OC(CO)C(O)C(O)C3O)C(O)C2O)C(O)C1O)C(O)/C=C/CC/C=C/CC/C=C/CCCCCCCCCCCCCCCCCCC. The molecule has 588 valence electrons. The minimum atomic E-state index is -2.00. The highest BCUT2D eigenvalue weighted by Crippen LogP contribution is 2.33. The van der Waals surface area contributed by atoms with Gasteiger partial charge in [-0.15, -0.1) is 0 Å². The number of allylic oxidation sites excluding steroid dienone is 23. The van der Waals surface area contributed by atoms with Gasteiger partial charge < -0.3 is 89.9 Å². The van der Waals surface area contributed by atoms with Crippen LogP contribution >= 0.6 is 0 Å². The van der Waals surface area contributed by atoms with Crippen molar-refractivity contribution >= 4 is 5.91 Å². The van der Waals surface area contributed by atoms with Gasteiger partial charge in [-0.3, -0.25) is 4.79 Å². The molecule has 3 rings (SSSR count). The number of ether oxygens (including phenoxy) is 6. The van der Waals surface area contributed by atoms with Crippen molar-refractivity contribution in [1.82, 2.24) is 5.32 Å². The van der Waals surface area contributed by atoms with Gasteiger partial charge >= 0.3 is 0 Å². The van der Waals surface area contributed by atoms with Gasteiger partial charge in [-0.2, -0.15) is 0 Å². The number of unbranched alkanes of at least 4 members (excludes halogenated alkanes) is 22. The van der Waals surface area contributed by atoms with Gasteiger partial charge in [0.1, 0.15) is 73.2 Å². The van der Waals surface area contributed by atoms with E-state index in [1.165, 1.54) is 109 Å². The molecule has 3 saturated heterocycles. The van der Waals surface area contributed by atoms with Crippen LogP contribution in [0.3, 0.4) is 0 Å². The Hall–Kier alpha value is -4.33. The van der Waals surface area contributed by atoms with Gasteiger partial charge in [0.15, 0.2) is 18.9 Å². The van der Waals surface area contributed by atoms with Crippen LogP contribution in [0.4, 0.5) is 0 Å². The molecule has 3 fully saturated rings. The number of hydrogen-bond acceptors (Lipinski definition) is 18. The van der Waals surface area contributed by atoms with Crippen LogP contribution in [0.15, 0.2) is 146 Å². The van der Waals surface area contributed by atoms with Crippen molar-refractivity contribution < 1.29 is 89.4 Å². The lowest BCUT2D eigenvalue weighted by Gasteiger charge is -2.48. The molecule has 19 nitrogen and oxygen atoms in total. The summed E-state index contributed by atoms with van der Waals surface area (Å²) in [5.74, 6) is -0.326. The molecule has 17 atom stereocenters. The van der Waals surface area contributed by atoms with Gasteiger partial charge in [-0.1, -0.05) is 269 Å². The van der Waals surface area contributed by atoms with Gasteiger partial charge in [0.25, 0.3) is 0 Å². The highest BCUT2D eigenvalue weighted by molar-refractivity contribution is 5.76. The fourth-order valence-electron chi connectivity index (χ4n) is 12.3. The van der Waals surface area contributed by atoms with Gasteiger partial charge in [0.05, 0.1) is 38.6 Å². The van der Waals surface area contributed by atoms with Gasteiger partial charge in [-0.05, 0) is 116 Å². The largest absolute Gasteiger partial charge is 0.394 e. The smallest absolute Gasteiger partial charge is 0.220 e. The summed E-state index contributed by atoms with van der Waals surface area (Å²) in [6, 6.07) is -1.03. The van der Waals surface area contributed by atoms with Crippen molar-refractivity contribution in [2.75, 3.05) is 26.4 Å². The zero-order valence-electron chi connectivity index (χ0n) is 62.7. The Morgan fingerprint density at radius 3 is 1.09 bits per heavy atom. The molecular weight excluding hydrogens is 1310 g/mol. The Kier molecular flexibility index (Phi) is 56.5. The fraction of sp³-hybridized carbons (Fsp3) is 0.702. The zero-order valence-corrected chi connectivity index (χ0v) is 62.7. The quantitative estimate of drug-likeness (QED) is 0.0199. The number of carbonyl (C=O) groups excluding carboxylic acids is 1. The maximum Gasteiger partial charge on any atom is 0.220 e. The normalized spacial score (nSPS) is 26.9. The first-order valence-corrected chi connectivity index (χ1v) is 39.6. The van der Waals surface area contributed by atoms with Crippen LogP contribution in [0.1, 0.15) is 245 Å². The van der Waals surface area contributed by atoms with Crippen molar-refractivity contribution in [3.05, 3.63) is 146 Å². The maximum atomic E-state index is 13.5. The summed E-state index contributed by atoms with van der Waals surface area (Å²) in [5.41, 5.74) is 0. The molecule has 19 heteroatoms. The average Bonchev–Trinajstić information content (AvgIpc) is 0.781. The molecule has 0 aromatic carbocycles. The highest BCUT2D eigenvalue weighted by atomic mass is 16.8. The minimum absolute atomic E-state index is 0.182. The van der Waals surface area contributed by atoms with E-state index < -0.39 is 131 Å². The predicted molar refractivity (Wildman–Crippen MR) is 410 cm³/mol. The molecule has 0 aliphatic carbocycles. The van der Waals surface area contributed by atoms with Crippen LogP contribution in [-0.4, -0.2) is 193 Å². The number of amides is 1.